The van der Waals surface area contributed by atoms with Gasteiger partial charge in [0.2, 0.25) is 0 Å². The van der Waals surface area contributed by atoms with Gasteiger partial charge < -0.3 is 11.1 Å². The zero-order valence-electron chi connectivity index (χ0n) is 10.9. The number of amides is 1. The van der Waals surface area contributed by atoms with E-state index in [4.69, 9.17) is 5.73 Å². The number of nitrogens with two attached hydrogens (primary N) is 1. The average molecular weight is 276 g/mol. The van der Waals surface area contributed by atoms with E-state index in [-0.39, 0.29) is 11.3 Å². The molecule has 0 aromatic heterocycles. The van der Waals surface area contributed by atoms with Crippen molar-refractivity contribution in [1.29, 1.82) is 0 Å². The Morgan fingerprint density at radius 2 is 1.90 bits per heavy atom. The van der Waals surface area contributed by atoms with Crippen LogP contribution in [0.15, 0.2) is 36.4 Å². The number of carbonyl (C=O) groups is 1. The maximum Gasteiger partial charge on any atom is 0.253 e. The first kappa shape index (κ1) is 14.0. The number of rotatable bonds is 3. The van der Waals surface area contributed by atoms with Gasteiger partial charge in [0.05, 0.1) is 5.56 Å². The smallest absolute Gasteiger partial charge is 0.253 e. The molecule has 0 bridgehead atoms. The van der Waals surface area contributed by atoms with E-state index >= 15 is 0 Å². The van der Waals surface area contributed by atoms with Crippen LogP contribution in [0.3, 0.4) is 0 Å². The summed E-state index contributed by atoms with van der Waals surface area (Å²) in [6.45, 7) is 2.23. The van der Waals surface area contributed by atoms with Crippen LogP contribution in [0.25, 0.3) is 0 Å². The van der Waals surface area contributed by atoms with E-state index in [1.807, 2.05) is 31.2 Å². The van der Waals surface area contributed by atoms with Gasteiger partial charge in [-0.2, -0.15) is 0 Å². The molecule has 3 nitrogen and oxygen atoms in total. The molecule has 0 saturated heterocycles. The predicted molar refractivity (Wildman–Crippen MR) is 73.1 cm³/mol. The largest absolute Gasteiger partial charge is 0.398 e. The minimum absolute atomic E-state index is 0.0726. The lowest BCUT2D eigenvalue weighted by Gasteiger charge is -2.08. The second kappa shape index (κ2) is 5.69. The Morgan fingerprint density at radius 1 is 1.20 bits per heavy atom. The summed E-state index contributed by atoms with van der Waals surface area (Å²) in [4.78, 5) is 11.9. The summed E-state index contributed by atoms with van der Waals surface area (Å²) in [6, 6.07) is 9.21. The number of nitrogens with one attached hydrogen (secondary N) is 1. The summed E-state index contributed by atoms with van der Waals surface area (Å²) >= 11 is 0. The summed E-state index contributed by atoms with van der Waals surface area (Å²) in [7, 11) is 0. The summed E-state index contributed by atoms with van der Waals surface area (Å²) in [6.07, 6.45) is 0. The van der Waals surface area contributed by atoms with Crippen molar-refractivity contribution in [1.82, 2.24) is 5.32 Å². The molecule has 0 atom stereocenters. The van der Waals surface area contributed by atoms with Crippen molar-refractivity contribution in [2.24, 2.45) is 0 Å². The van der Waals surface area contributed by atoms with Gasteiger partial charge in [-0.25, -0.2) is 8.78 Å². The molecule has 0 radical (unpaired) electrons. The Morgan fingerprint density at radius 3 is 2.60 bits per heavy atom. The lowest BCUT2D eigenvalue weighted by molar-refractivity contribution is 0.0951. The Kier molecular flexibility index (Phi) is 3.98. The summed E-state index contributed by atoms with van der Waals surface area (Å²) in [5.41, 5.74) is 7.34. The van der Waals surface area contributed by atoms with Crippen molar-refractivity contribution < 1.29 is 13.6 Å². The van der Waals surface area contributed by atoms with Gasteiger partial charge in [0.15, 0.2) is 11.6 Å². The van der Waals surface area contributed by atoms with Gasteiger partial charge in [0, 0.05) is 18.3 Å². The van der Waals surface area contributed by atoms with Gasteiger partial charge in [-0.15, -0.1) is 0 Å². The molecular weight excluding hydrogens is 262 g/mol. The second-order valence-electron chi connectivity index (χ2n) is 4.53. The number of nitrogen functional groups attached to an aromatic ring is 1. The van der Waals surface area contributed by atoms with Crippen LogP contribution in [0, 0.1) is 18.6 Å². The van der Waals surface area contributed by atoms with Crippen molar-refractivity contribution in [3.63, 3.8) is 0 Å². The van der Waals surface area contributed by atoms with Crippen LogP contribution in [0.1, 0.15) is 21.5 Å². The number of hydrogen-bond acceptors (Lipinski definition) is 2. The SMILES string of the molecule is Cc1cccc(CNC(=O)c2cc(F)c(F)cc2N)c1. The number of aryl methyl sites for hydroxylation is 1. The normalized spacial score (nSPS) is 10.3. The van der Waals surface area contributed by atoms with Crippen LogP contribution in [-0.2, 0) is 6.54 Å². The van der Waals surface area contributed by atoms with Gasteiger partial charge in [-0.1, -0.05) is 29.8 Å². The van der Waals surface area contributed by atoms with Gasteiger partial charge in [0.25, 0.3) is 5.91 Å². The molecule has 1 amide bonds. The Bertz CT molecular complexity index is 656. The summed E-state index contributed by atoms with van der Waals surface area (Å²) in [5, 5.41) is 2.62. The molecule has 0 spiro atoms. The highest BCUT2D eigenvalue weighted by atomic mass is 19.2. The minimum Gasteiger partial charge on any atom is -0.398 e. The summed E-state index contributed by atoms with van der Waals surface area (Å²) < 4.78 is 26.1. The highest BCUT2D eigenvalue weighted by Gasteiger charge is 2.14. The van der Waals surface area contributed by atoms with Crippen LogP contribution in [0.5, 0.6) is 0 Å². The van der Waals surface area contributed by atoms with E-state index in [2.05, 4.69) is 5.32 Å². The number of benzene rings is 2. The highest BCUT2D eigenvalue weighted by molar-refractivity contribution is 5.99. The molecule has 0 aliphatic heterocycles. The van der Waals surface area contributed by atoms with Gasteiger partial charge in [-0.05, 0) is 18.6 Å². The number of halogens is 2. The molecule has 0 aliphatic carbocycles. The van der Waals surface area contributed by atoms with Crippen molar-refractivity contribution in [3.8, 4) is 0 Å². The lowest BCUT2D eigenvalue weighted by atomic mass is 10.1. The minimum atomic E-state index is -1.10. The first-order chi connectivity index (χ1) is 9.47. The number of carbonyl (C=O) groups excluding carboxylic acids is 1. The third-order valence-electron chi connectivity index (χ3n) is 2.87. The lowest BCUT2D eigenvalue weighted by Crippen LogP contribution is -2.24. The van der Waals surface area contributed by atoms with E-state index in [0.717, 1.165) is 23.3 Å². The van der Waals surface area contributed by atoms with Crippen LogP contribution >= 0.6 is 0 Å². The molecule has 104 valence electrons. The molecule has 0 unspecified atom stereocenters. The highest BCUT2D eigenvalue weighted by Crippen LogP contribution is 2.17. The fourth-order valence-corrected chi connectivity index (χ4v) is 1.86. The molecule has 2 rings (SSSR count). The molecular formula is C15H14F2N2O. The van der Waals surface area contributed by atoms with Crippen molar-refractivity contribution >= 4 is 11.6 Å². The van der Waals surface area contributed by atoms with Crippen molar-refractivity contribution in [2.75, 3.05) is 5.73 Å². The fourth-order valence-electron chi connectivity index (χ4n) is 1.86. The maximum atomic E-state index is 13.1. The van der Waals surface area contributed by atoms with Crippen LogP contribution in [-0.4, -0.2) is 5.91 Å². The third-order valence-corrected chi connectivity index (χ3v) is 2.87. The van der Waals surface area contributed by atoms with Crippen molar-refractivity contribution in [3.05, 3.63) is 64.7 Å². The average Bonchev–Trinajstić information content (AvgIpc) is 2.40. The summed E-state index contributed by atoms with van der Waals surface area (Å²) in [5.74, 6) is -2.71. The first-order valence-electron chi connectivity index (χ1n) is 6.05. The predicted octanol–water partition coefficient (Wildman–Crippen LogP) is 2.79. The Balaban J connectivity index is 2.11. The molecule has 2 aromatic rings. The van der Waals surface area contributed by atoms with E-state index in [9.17, 15) is 13.6 Å². The molecule has 3 N–H and O–H groups in total. The van der Waals surface area contributed by atoms with Crippen molar-refractivity contribution in [2.45, 2.75) is 13.5 Å². The topological polar surface area (TPSA) is 55.1 Å². The van der Waals surface area contributed by atoms with Crippen LogP contribution in [0.2, 0.25) is 0 Å². The van der Waals surface area contributed by atoms with Crippen LogP contribution < -0.4 is 11.1 Å². The van der Waals surface area contributed by atoms with Gasteiger partial charge in [-0.3, -0.25) is 4.79 Å². The standard InChI is InChI=1S/C15H14F2N2O/c1-9-3-2-4-10(5-9)8-19-15(20)11-6-12(16)13(17)7-14(11)18/h2-7H,8,18H2,1H3,(H,19,20). The van der Waals surface area contributed by atoms with E-state index in [0.29, 0.717) is 6.54 Å². The number of hydrogen-bond donors (Lipinski definition) is 2. The zero-order valence-corrected chi connectivity index (χ0v) is 10.9. The number of anilines is 1. The molecule has 5 heteroatoms. The molecule has 0 saturated carbocycles. The Labute approximate surface area is 115 Å². The molecule has 0 heterocycles. The fraction of sp³-hybridized carbons (Fsp3) is 0.133. The first-order valence-corrected chi connectivity index (χ1v) is 6.05. The third kappa shape index (κ3) is 3.12. The maximum absolute atomic E-state index is 13.1. The second-order valence-corrected chi connectivity index (χ2v) is 4.53. The Hall–Kier alpha value is -2.43. The van der Waals surface area contributed by atoms with Gasteiger partial charge in [0.1, 0.15) is 0 Å². The van der Waals surface area contributed by atoms with E-state index < -0.39 is 17.5 Å². The molecule has 20 heavy (non-hydrogen) atoms. The molecule has 0 fully saturated rings. The van der Waals surface area contributed by atoms with E-state index in [1.165, 1.54) is 0 Å². The quantitative estimate of drug-likeness (QED) is 0.847. The monoisotopic (exact) mass is 276 g/mol. The molecule has 0 aliphatic rings. The molecule has 2 aromatic carbocycles. The van der Waals surface area contributed by atoms with E-state index in [1.54, 1.807) is 0 Å². The zero-order chi connectivity index (χ0) is 14.7. The van der Waals surface area contributed by atoms with Gasteiger partial charge >= 0.3 is 0 Å². The van der Waals surface area contributed by atoms with Crippen LogP contribution in [0.4, 0.5) is 14.5 Å².